The van der Waals surface area contributed by atoms with Gasteiger partial charge in [0.15, 0.2) is 0 Å². The van der Waals surface area contributed by atoms with E-state index in [9.17, 15) is 4.79 Å². The molecule has 0 spiro atoms. The molecule has 3 aromatic heterocycles. The number of piperidine rings is 1. The number of hydrogen-bond donors (Lipinski definition) is 2. The molecule has 2 fully saturated rings. The lowest BCUT2D eigenvalue weighted by Crippen LogP contribution is -2.36. The molecule has 0 amide bonds. The molecule has 0 bridgehead atoms. The molecule has 3 aromatic rings. The van der Waals surface area contributed by atoms with Crippen molar-refractivity contribution in [2.24, 2.45) is 0 Å². The number of fused-ring (bicyclic) bond motifs is 3. The first-order chi connectivity index (χ1) is 11.3. The van der Waals surface area contributed by atoms with Crippen LogP contribution in [0.2, 0.25) is 0 Å². The average Bonchev–Trinajstić information content (AvgIpc) is 3.31. The lowest BCUT2D eigenvalue weighted by atomic mass is 10.1. The second-order valence-electron chi connectivity index (χ2n) is 6.66. The molecular weight excluding hydrogens is 290 g/mol. The normalized spacial score (nSPS) is 19.7. The van der Waals surface area contributed by atoms with Gasteiger partial charge in [0.2, 0.25) is 0 Å². The van der Waals surface area contributed by atoms with Crippen molar-refractivity contribution >= 4 is 22.1 Å². The molecule has 6 nitrogen and oxygen atoms in total. The first-order valence-electron chi connectivity index (χ1n) is 8.42. The fourth-order valence-electron chi connectivity index (χ4n) is 3.76. The van der Waals surface area contributed by atoms with Gasteiger partial charge in [-0.2, -0.15) is 0 Å². The summed E-state index contributed by atoms with van der Waals surface area (Å²) >= 11 is 0. The Balaban J connectivity index is 1.87. The Bertz CT molecular complexity index is 947. The minimum Gasteiger partial charge on any atom is -0.346 e. The van der Waals surface area contributed by atoms with Gasteiger partial charge in [-0.1, -0.05) is 0 Å². The van der Waals surface area contributed by atoms with Gasteiger partial charge in [-0.15, -0.1) is 0 Å². The molecule has 5 rings (SSSR count). The van der Waals surface area contributed by atoms with E-state index in [1.54, 1.807) is 6.20 Å². The Kier molecular flexibility index (Phi) is 2.82. The predicted octanol–water partition coefficient (Wildman–Crippen LogP) is 2.07. The molecule has 1 aliphatic heterocycles. The molecule has 0 radical (unpaired) electrons. The van der Waals surface area contributed by atoms with Crippen molar-refractivity contribution in [3.63, 3.8) is 0 Å². The molecule has 2 aliphatic rings. The van der Waals surface area contributed by atoms with Crippen LogP contribution in [0, 0.1) is 0 Å². The number of nitrogens with zero attached hydrogens (tertiary/aromatic N) is 3. The van der Waals surface area contributed by atoms with Gasteiger partial charge in [-0.25, -0.2) is 9.97 Å². The molecular formula is C17H19N5O. The van der Waals surface area contributed by atoms with E-state index in [0.717, 1.165) is 66.5 Å². The molecule has 1 saturated carbocycles. The Morgan fingerprint density at radius 3 is 2.78 bits per heavy atom. The summed E-state index contributed by atoms with van der Waals surface area (Å²) < 4.78 is 2.02. The highest BCUT2D eigenvalue weighted by Gasteiger charge is 2.31. The molecule has 4 heterocycles. The zero-order valence-corrected chi connectivity index (χ0v) is 12.9. The first kappa shape index (κ1) is 13.2. The highest BCUT2D eigenvalue weighted by atomic mass is 16.1. The molecule has 2 N–H and O–H groups in total. The van der Waals surface area contributed by atoms with Crippen molar-refractivity contribution < 1.29 is 0 Å². The van der Waals surface area contributed by atoms with Crippen LogP contribution in [-0.2, 0) is 0 Å². The summed E-state index contributed by atoms with van der Waals surface area (Å²) in [7, 11) is 0. The second kappa shape index (κ2) is 4.89. The lowest BCUT2D eigenvalue weighted by Gasteiger charge is -2.26. The molecule has 1 saturated heterocycles. The van der Waals surface area contributed by atoms with Gasteiger partial charge in [-0.05, 0) is 44.8 Å². The summed E-state index contributed by atoms with van der Waals surface area (Å²) in [5, 5.41) is 4.38. The van der Waals surface area contributed by atoms with Crippen molar-refractivity contribution in [2.75, 3.05) is 13.1 Å². The highest BCUT2D eigenvalue weighted by Crippen LogP contribution is 2.38. The summed E-state index contributed by atoms with van der Waals surface area (Å²) in [6.45, 7) is 1.92. The Morgan fingerprint density at radius 1 is 1.17 bits per heavy atom. The maximum Gasteiger partial charge on any atom is 0.273 e. The minimum absolute atomic E-state index is 0.112. The number of nitrogens with one attached hydrogen (secondary N) is 2. The average molecular weight is 309 g/mol. The smallest absolute Gasteiger partial charge is 0.273 e. The molecule has 6 heteroatoms. The van der Waals surface area contributed by atoms with Gasteiger partial charge >= 0.3 is 0 Å². The van der Waals surface area contributed by atoms with Crippen LogP contribution in [0.5, 0.6) is 0 Å². The number of aromatic amines is 1. The zero-order chi connectivity index (χ0) is 15.4. The van der Waals surface area contributed by atoms with Crippen molar-refractivity contribution in [2.45, 2.75) is 37.6 Å². The van der Waals surface area contributed by atoms with E-state index in [0.29, 0.717) is 5.92 Å². The van der Waals surface area contributed by atoms with Crippen LogP contribution < -0.4 is 10.9 Å². The topological polar surface area (TPSA) is 75.6 Å². The maximum atomic E-state index is 13.2. The third-order valence-electron chi connectivity index (χ3n) is 5.10. The summed E-state index contributed by atoms with van der Waals surface area (Å²) in [4.78, 5) is 25.5. The molecule has 0 unspecified atom stereocenters. The van der Waals surface area contributed by atoms with Crippen molar-refractivity contribution in [1.82, 2.24) is 24.8 Å². The fourth-order valence-corrected chi connectivity index (χ4v) is 3.76. The van der Waals surface area contributed by atoms with Crippen molar-refractivity contribution in [3.8, 4) is 0 Å². The molecule has 0 atom stereocenters. The Labute approximate surface area is 132 Å². The van der Waals surface area contributed by atoms with E-state index in [2.05, 4.69) is 15.3 Å². The van der Waals surface area contributed by atoms with Crippen LogP contribution in [-0.4, -0.2) is 32.6 Å². The van der Waals surface area contributed by atoms with E-state index in [4.69, 9.17) is 4.98 Å². The zero-order valence-electron chi connectivity index (χ0n) is 12.9. The summed E-state index contributed by atoms with van der Waals surface area (Å²) in [6.07, 6.45) is 7.81. The number of pyridine rings is 1. The SMILES string of the molecule is O=c1c(C2CC2)nc2cnc3[nH]ccc3c2n1C1CCNCC1. The van der Waals surface area contributed by atoms with E-state index in [1.165, 1.54) is 0 Å². The van der Waals surface area contributed by atoms with Gasteiger partial charge in [0.05, 0.1) is 11.7 Å². The van der Waals surface area contributed by atoms with Crippen LogP contribution in [0.3, 0.4) is 0 Å². The Hall–Kier alpha value is -2.21. The highest BCUT2D eigenvalue weighted by molar-refractivity contribution is 6.00. The predicted molar refractivity (Wildman–Crippen MR) is 88.8 cm³/mol. The van der Waals surface area contributed by atoms with Crippen LogP contribution in [0.15, 0.2) is 23.3 Å². The van der Waals surface area contributed by atoms with Gasteiger partial charge in [0.25, 0.3) is 5.56 Å². The number of aromatic nitrogens is 4. The number of hydrogen-bond acceptors (Lipinski definition) is 4. The van der Waals surface area contributed by atoms with Crippen LogP contribution in [0.25, 0.3) is 22.1 Å². The summed E-state index contributed by atoms with van der Waals surface area (Å²) in [6, 6.07) is 2.24. The van der Waals surface area contributed by atoms with Crippen molar-refractivity contribution in [1.29, 1.82) is 0 Å². The molecule has 23 heavy (non-hydrogen) atoms. The minimum atomic E-state index is 0.112. The number of rotatable bonds is 2. The number of H-pyrrole nitrogens is 1. The van der Waals surface area contributed by atoms with E-state index < -0.39 is 0 Å². The van der Waals surface area contributed by atoms with Gasteiger partial charge < -0.3 is 14.9 Å². The second-order valence-corrected chi connectivity index (χ2v) is 6.66. The quantitative estimate of drug-likeness (QED) is 0.760. The maximum absolute atomic E-state index is 13.2. The molecule has 1 aliphatic carbocycles. The molecule has 0 aromatic carbocycles. The standard InChI is InChI=1S/C17H19N5O/c23-17-14(10-1-2-10)21-13-9-20-16-12(5-8-19-16)15(13)22(17)11-3-6-18-7-4-11/h5,8-11,18H,1-4,6-7H2,(H,19,20). The monoisotopic (exact) mass is 309 g/mol. The van der Waals surface area contributed by atoms with Crippen LogP contribution in [0.1, 0.15) is 43.3 Å². The largest absolute Gasteiger partial charge is 0.346 e. The van der Waals surface area contributed by atoms with Crippen LogP contribution in [0.4, 0.5) is 0 Å². The first-order valence-corrected chi connectivity index (χ1v) is 8.42. The third-order valence-corrected chi connectivity index (χ3v) is 5.10. The third kappa shape index (κ3) is 2.01. The fraction of sp³-hybridized carbons (Fsp3) is 0.471. The van der Waals surface area contributed by atoms with E-state index in [-0.39, 0.29) is 11.6 Å². The lowest BCUT2D eigenvalue weighted by molar-refractivity contribution is 0.367. The summed E-state index contributed by atoms with van der Waals surface area (Å²) in [5.41, 5.74) is 3.46. The van der Waals surface area contributed by atoms with E-state index in [1.807, 2.05) is 16.8 Å². The van der Waals surface area contributed by atoms with Gasteiger partial charge in [0.1, 0.15) is 16.9 Å². The van der Waals surface area contributed by atoms with Gasteiger partial charge in [-0.3, -0.25) is 4.79 Å². The Morgan fingerprint density at radius 2 is 2.00 bits per heavy atom. The van der Waals surface area contributed by atoms with Crippen molar-refractivity contribution in [3.05, 3.63) is 34.5 Å². The van der Waals surface area contributed by atoms with Crippen LogP contribution >= 0.6 is 0 Å². The summed E-state index contributed by atoms with van der Waals surface area (Å²) in [5.74, 6) is 0.349. The van der Waals surface area contributed by atoms with Gasteiger partial charge in [0, 0.05) is 23.5 Å². The molecule has 118 valence electrons. The van der Waals surface area contributed by atoms with E-state index >= 15 is 0 Å².